The Bertz CT molecular complexity index is 851. The van der Waals surface area contributed by atoms with Gasteiger partial charge in [-0.05, 0) is 37.0 Å². The quantitative estimate of drug-likeness (QED) is 0.749. The monoisotopic (exact) mass is 412 g/mol. The molecule has 0 aromatic heterocycles. The molecule has 27 heavy (non-hydrogen) atoms. The molecular weight excluding hydrogens is 391 g/mol. The smallest absolute Gasteiger partial charge is 0.277 e. The van der Waals surface area contributed by atoms with Gasteiger partial charge in [0.25, 0.3) is 5.91 Å². The number of halogens is 1. The van der Waals surface area contributed by atoms with Crippen LogP contribution in [0.1, 0.15) is 18.4 Å². The summed E-state index contributed by atoms with van der Waals surface area (Å²) in [5, 5.41) is 0.488. The zero-order valence-electron chi connectivity index (χ0n) is 14.7. The molecule has 0 aliphatic carbocycles. The molecule has 6 nitrogen and oxygen atoms in total. The first-order chi connectivity index (χ1) is 12.9. The summed E-state index contributed by atoms with van der Waals surface area (Å²) in [5.74, 6) is -0.379. The molecule has 0 bridgehead atoms. The third-order valence-electron chi connectivity index (χ3n) is 5.14. The molecule has 3 aliphatic heterocycles. The van der Waals surface area contributed by atoms with Gasteiger partial charge in [0, 0.05) is 18.4 Å². The second-order valence-electron chi connectivity index (χ2n) is 7.10. The second-order valence-corrected chi connectivity index (χ2v) is 10.5. The van der Waals surface area contributed by atoms with Crippen LogP contribution < -0.4 is 0 Å². The number of carbonyl (C=O) groups excluding carboxylic acids is 1. The van der Waals surface area contributed by atoms with Gasteiger partial charge in [-0.3, -0.25) is 4.79 Å². The zero-order valence-corrected chi connectivity index (χ0v) is 16.3. The molecule has 0 unspecified atom stereocenters. The third-order valence-corrected chi connectivity index (χ3v) is 8.39. The van der Waals surface area contributed by atoms with E-state index in [1.165, 1.54) is 23.9 Å². The second kappa shape index (κ2) is 7.52. The van der Waals surface area contributed by atoms with E-state index >= 15 is 0 Å². The molecule has 3 aliphatic rings. The normalized spacial score (nSPS) is 30.8. The maximum Gasteiger partial charge on any atom is 0.277 e. The molecule has 4 rings (SSSR count). The van der Waals surface area contributed by atoms with Crippen molar-refractivity contribution >= 4 is 32.7 Å². The highest BCUT2D eigenvalue weighted by Gasteiger charge is 2.48. The summed E-state index contributed by atoms with van der Waals surface area (Å²) < 4.78 is 42.6. The first-order valence-electron chi connectivity index (χ1n) is 9.03. The number of benzene rings is 1. The SMILES string of the molecule is O=C(N=C1S[C@@H]2CS(=O)(=O)C[C@@H]2N1CCc1ccc(F)cc1)[C@H]1CCCO1. The van der Waals surface area contributed by atoms with Crippen LogP contribution in [0.5, 0.6) is 0 Å². The summed E-state index contributed by atoms with van der Waals surface area (Å²) in [6.07, 6.45) is 1.67. The lowest BCUT2D eigenvalue weighted by Gasteiger charge is -2.24. The largest absolute Gasteiger partial charge is 0.368 e. The summed E-state index contributed by atoms with van der Waals surface area (Å²) in [6.45, 7) is 1.11. The molecule has 1 aromatic rings. The molecule has 9 heteroatoms. The lowest BCUT2D eigenvalue weighted by atomic mass is 10.1. The molecule has 0 radical (unpaired) electrons. The first-order valence-corrected chi connectivity index (χ1v) is 11.7. The van der Waals surface area contributed by atoms with E-state index in [4.69, 9.17) is 4.74 Å². The van der Waals surface area contributed by atoms with Gasteiger partial charge in [-0.1, -0.05) is 23.9 Å². The number of aliphatic imine (C=N–C) groups is 1. The highest BCUT2D eigenvalue weighted by Crippen LogP contribution is 2.38. The van der Waals surface area contributed by atoms with Crippen molar-refractivity contribution in [1.82, 2.24) is 4.90 Å². The van der Waals surface area contributed by atoms with Crippen LogP contribution in [0.2, 0.25) is 0 Å². The van der Waals surface area contributed by atoms with Crippen molar-refractivity contribution in [3.63, 3.8) is 0 Å². The Balaban J connectivity index is 1.52. The Labute approximate surface area is 162 Å². The lowest BCUT2D eigenvalue weighted by molar-refractivity contribution is -0.126. The van der Waals surface area contributed by atoms with Crippen molar-refractivity contribution < 1.29 is 22.3 Å². The number of hydrogen-bond donors (Lipinski definition) is 0. The maximum absolute atomic E-state index is 13.1. The van der Waals surface area contributed by atoms with Crippen LogP contribution in [0.15, 0.2) is 29.3 Å². The van der Waals surface area contributed by atoms with Gasteiger partial charge in [0.1, 0.15) is 11.9 Å². The Morgan fingerprint density at radius 3 is 2.78 bits per heavy atom. The number of ether oxygens (including phenoxy) is 1. The van der Waals surface area contributed by atoms with Crippen LogP contribution in [0.25, 0.3) is 0 Å². The predicted molar refractivity (Wildman–Crippen MR) is 102 cm³/mol. The maximum atomic E-state index is 13.1. The highest BCUT2D eigenvalue weighted by molar-refractivity contribution is 8.15. The number of hydrogen-bond acceptors (Lipinski definition) is 5. The van der Waals surface area contributed by atoms with Crippen molar-refractivity contribution in [2.24, 2.45) is 4.99 Å². The Kier molecular flexibility index (Phi) is 5.26. The zero-order chi connectivity index (χ0) is 19.0. The number of carbonyl (C=O) groups is 1. The van der Waals surface area contributed by atoms with Crippen molar-refractivity contribution in [2.75, 3.05) is 24.7 Å². The van der Waals surface area contributed by atoms with E-state index in [-0.39, 0.29) is 34.5 Å². The average molecular weight is 413 g/mol. The first kappa shape index (κ1) is 18.9. The van der Waals surface area contributed by atoms with Gasteiger partial charge in [-0.2, -0.15) is 4.99 Å². The molecule has 3 saturated heterocycles. The number of sulfone groups is 1. The summed E-state index contributed by atoms with van der Waals surface area (Å²) >= 11 is 1.38. The van der Waals surface area contributed by atoms with Gasteiger partial charge >= 0.3 is 0 Å². The standard InChI is InChI=1S/C18H21FN2O4S2/c19-13-5-3-12(4-6-13)7-8-21-14-10-27(23,24)11-16(14)26-18(21)20-17(22)15-2-1-9-25-15/h3-6,14-16H,1-2,7-11H2/t14-,15+,16+/m0/s1. The van der Waals surface area contributed by atoms with Crippen LogP contribution in [0.4, 0.5) is 4.39 Å². The van der Waals surface area contributed by atoms with Gasteiger partial charge in [0.05, 0.1) is 17.5 Å². The van der Waals surface area contributed by atoms with Crippen molar-refractivity contribution in [1.29, 1.82) is 0 Å². The number of thioether (sulfide) groups is 1. The Morgan fingerprint density at radius 2 is 2.07 bits per heavy atom. The number of amidine groups is 1. The van der Waals surface area contributed by atoms with Gasteiger partial charge in [0.2, 0.25) is 0 Å². The highest BCUT2D eigenvalue weighted by atomic mass is 32.2. The average Bonchev–Trinajstić information content (AvgIpc) is 3.30. The van der Waals surface area contributed by atoms with Crippen molar-refractivity contribution in [2.45, 2.75) is 36.7 Å². The molecule has 0 N–H and O–H groups in total. The summed E-state index contributed by atoms with van der Waals surface area (Å²) in [6, 6.07) is 6.09. The van der Waals surface area contributed by atoms with E-state index in [1.807, 2.05) is 4.90 Å². The fourth-order valence-corrected chi connectivity index (χ4v) is 7.72. The molecule has 146 valence electrons. The minimum absolute atomic E-state index is 0.0845. The van der Waals surface area contributed by atoms with E-state index in [2.05, 4.69) is 4.99 Å². The summed E-state index contributed by atoms with van der Waals surface area (Å²) in [4.78, 5) is 18.6. The molecule has 3 atom stereocenters. The fraction of sp³-hybridized carbons (Fsp3) is 0.556. The summed E-state index contributed by atoms with van der Waals surface area (Å²) in [5.41, 5.74) is 0.954. The topological polar surface area (TPSA) is 76.0 Å². The molecule has 1 amide bonds. The van der Waals surface area contributed by atoms with Crippen molar-refractivity contribution in [3.05, 3.63) is 35.6 Å². The fourth-order valence-electron chi connectivity index (χ4n) is 3.74. The van der Waals surface area contributed by atoms with E-state index in [0.29, 0.717) is 31.2 Å². The van der Waals surface area contributed by atoms with E-state index in [0.717, 1.165) is 12.0 Å². The summed E-state index contributed by atoms with van der Waals surface area (Å²) in [7, 11) is -3.07. The third kappa shape index (κ3) is 4.20. The Morgan fingerprint density at radius 1 is 1.30 bits per heavy atom. The molecular formula is C18H21FN2O4S2. The van der Waals surface area contributed by atoms with Gasteiger partial charge < -0.3 is 9.64 Å². The van der Waals surface area contributed by atoms with Gasteiger partial charge in [-0.25, -0.2) is 12.8 Å². The van der Waals surface area contributed by atoms with E-state index in [1.54, 1.807) is 12.1 Å². The molecule has 0 spiro atoms. The minimum atomic E-state index is -3.07. The van der Waals surface area contributed by atoms with Crippen LogP contribution in [-0.4, -0.2) is 66.4 Å². The van der Waals surface area contributed by atoms with E-state index < -0.39 is 15.9 Å². The minimum Gasteiger partial charge on any atom is -0.368 e. The van der Waals surface area contributed by atoms with Crippen molar-refractivity contribution in [3.8, 4) is 0 Å². The number of rotatable bonds is 4. The molecule has 3 heterocycles. The molecule has 0 saturated carbocycles. The molecule has 3 fully saturated rings. The lowest BCUT2D eigenvalue weighted by Crippen LogP contribution is -2.39. The van der Waals surface area contributed by atoms with Crippen LogP contribution in [0, 0.1) is 5.82 Å². The number of fused-ring (bicyclic) bond motifs is 1. The Hall–Kier alpha value is -1.45. The van der Waals surface area contributed by atoms with E-state index in [9.17, 15) is 17.6 Å². The number of nitrogens with zero attached hydrogens (tertiary/aromatic N) is 2. The number of amides is 1. The van der Waals surface area contributed by atoms with Crippen LogP contribution in [0.3, 0.4) is 0 Å². The van der Waals surface area contributed by atoms with Crippen LogP contribution >= 0.6 is 11.8 Å². The van der Waals surface area contributed by atoms with Crippen LogP contribution in [-0.2, 0) is 25.8 Å². The molecule has 1 aromatic carbocycles. The van der Waals surface area contributed by atoms with Gasteiger partial charge in [-0.15, -0.1) is 0 Å². The predicted octanol–water partition coefficient (Wildman–Crippen LogP) is 1.64. The van der Waals surface area contributed by atoms with Gasteiger partial charge in [0.15, 0.2) is 15.0 Å².